The topological polar surface area (TPSA) is 104 Å². The van der Waals surface area contributed by atoms with E-state index in [2.05, 4.69) is 15.9 Å². The molecule has 2 rings (SSSR count). The lowest BCUT2D eigenvalue weighted by Gasteiger charge is -2.10. The minimum Gasteiger partial charge on any atom is -0.504 e. The number of carboxylic acid groups (broad SMARTS) is 2. The third-order valence-electron chi connectivity index (χ3n) is 2.85. The predicted octanol–water partition coefficient (Wildman–Crippen LogP) is 3.36. The monoisotopic (exact) mass is 378 g/mol. The molecule has 0 aliphatic rings. The van der Waals surface area contributed by atoms with Crippen LogP contribution in [0.1, 0.15) is 15.9 Å². The molecular weight excluding hydrogens is 368 g/mol. The molecule has 0 fully saturated rings. The van der Waals surface area contributed by atoms with Crippen molar-refractivity contribution in [1.82, 2.24) is 0 Å². The van der Waals surface area contributed by atoms with Crippen molar-refractivity contribution in [1.29, 1.82) is 0 Å². The van der Waals surface area contributed by atoms with Gasteiger partial charge in [-0.2, -0.15) is 0 Å². The zero-order chi connectivity index (χ0) is 17.0. The first kappa shape index (κ1) is 16.6. The van der Waals surface area contributed by atoms with Crippen molar-refractivity contribution in [3.8, 4) is 11.5 Å². The van der Waals surface area contributed by atoms with Crippen molar-refractivity contribution >= 4 is 33.9 Å². The maximum Gasteiger partial charge on any atom is 0.371 e. The molecule has 0 spiro atoms. The van der Waals surface area contributed by atoms with Gasteiger partial charge in [0, 0.05) is 4.47 Å². The second kappa shape index (κ2) is 6.97. The predicted molar refractivity (Wildman–Crippen MR) is 85.4 cm³/mol. The summed E-state index contributed by atoms with van der Waals surface area (Å²) < 4.78 is 5.84. The molecular formula is C16H11BrO6. The van der Waals surface area contributed by atoms with Crippen molar-refractivity contribution in [3.63, 3.8) is 0 Å². The van der Waals surface area contributed by atoms with E-state index in [0.29, 0.717) is 10.0 Å². The first-order valence-corrected chi connectivity index (χ1v) is 7.12. The number of ether oxygens (including phenoxy) is 1. The second-order valence-electron chi connectivity index (χ2n) is 4.39. The highest BCUT2D eigenvalue weighted by Gasteiger charge is 2.18. The number of hydrogen-bond donors (Lipinski definition) is 3. The number of halogens is 1. The van der Waals surface area contributed by atoms with Crippen LogP contribution in [0.25, 0.3) is 6.08 Å². The number of para-hydroxylation sites is 1. The number of carbonyl (C=O) groups is 2. The van der Waals surface area contributed by atoms with Gasteiger partial charge in [0.05, 0.1) is 0 Å². The minimum atomic E-state index is -1.36. The number of hydrogen-bond acceptors (Lipinski definition) is 4. The van der Waals surface area contributed by atoms with Crippen LogP contribution in [0.2, 0.25) is 0 Å². The van der Waals surface area contributed by atoms with Crippen LogP contribution in [0.5, 0.6) is 11.5 Å². The molecule has 6 nitrogen and oxygen atoms in total. The van der Waals surface area contributed by atoms with Gasteiger partial charge in [-0.15, -0.1) is 0 Å². The Morgan fingerprint density at radius 2 is 1.74 bits per heavy atom. The molecule has 0 amide bonds. The lowest BCUT2D eigenvalue weighted by molar-refractivity contribution is -0.134. The summed E-state index contributed by atoms with van der Waals surface area (Å²) in [6.45, 7) is 0. The lowest BCUT2D eigenvalue weighted by atomic mass is 10.2. The highest BCUT2D eigenvalue weighted by atomic mass is 79.9. The molecule has 23 heavy (non-hydrogen) atoms. The number of aliphatic carboxylic acids is 1. The number of rotatable bonds is 5. The van der Waals surface area contributed by atoms with Crippen LogP contribution in [-0.2, 0) is 4.79 Å². The largest absolute Gasteiger partial charge is 0.504 e. The van der Waals surface area contributed by atoms with Gasteiger partial charge >= 0.3 is 11.9 Å². The van der Waals surface area contributed by atoms with Gasteiger partial charge < -0.3 is 20.1 Å². The van der Waals surface area contributed by atoms with E-state index in [1.807, 2.05) is 0 Å². The van der Waals surface area contributed by atoms with E-state index in [0.717, 1.165) is 0 Å². The molecule has 0 saturated carbocycles. The number of benzene rings is 2. The van der Waals surface area contributed by atoms with E-state index >= 15 is 0 Å². The Morgan fingerprint density at radius 1 is 1.04 bits per heavy atom. The molecule has 0 aromatic heterocycles. The molecule has 3 N–H and O–H groups in total. The van der Waals surface area contributed by atoms with E-state index in [-0.39, 0.29) is 11.3 Å². The van der Waals surface area contributed by atoms with Gasteiger partial charge in [0.2, 0.25) is 5.76 Å². The van der Waals surface area contributed by atoms with E-state index in [1.165, 1.54) is 24.3 Å². The van der Waals surface area contributed by atoms with Gasteiger partial charge in [0.15, 0.2) is 11.5 Å². The smallest absolute Gasteiger partial charge is 0.371 e. The molecule has 0 aliphatic carbocycles. The molecule has 118 valence electrons. The Labute approximate surface area is 139 Å². The standard InChI is InChI=1S/C16H11BrO6/c17-11-6-2-1-4-9(11)8-13(16(21)22)23-12-7-3-5-10(14(12)18)15(19)20/h1-8,18H,(H,19,20)(H,21,22)/b13-8-. The van der Waals surface area contributed by atoms with E-state index in [1.54, 1.807) is 24.3 Å². The molecule has 0 bridgehead atoms. The Hall–Kier alpha value is -2.80. The fourth-order valence-corrected chi connectivity index (χ4v) is 2.16. The van der Waals surface area contributed by atoms with Crippen LogP contribution in [0.15, 0.2) is 52.7 Å². The first-order valence-electron chi connectivity index (χ1n) is 6.33. The van der Waals surface area contributed by atoms with E-state index in [9.17, 15) is 19.8 Å². The summed E-state index contributed by atoms with van der Waals surface area (Å²) in [5, 5.41) is 28.1. The number of aromatic hydroxyl groups is 1. The molecule has 0 atom stereocenters. The van der Waals surface area contributed by atoms with Crippen molar-refractivity contribution < 1.29 is 29.6 Å². The van der Waals surface area contributed by atoms with Gasteiger partial charge in [0.25, 0.3) is 0 Å². The zero-order valence-corrected chi connectivity index (χ0v) is 13.1. The van der Waals surface area contributed by atoms with Gasteiger partial charge in [0.1, 0.15) is 5.56 Å². The normalized spacial score (nSPS) is 11.1. The zero-order valence-electron chi connectivity index (χ0n) is 11.6. The maximum atomic E-state index is 11.3. The SMILES string of the molecule is O=C(O)/C(=C/c1ccccc1Br)Oc1cccc(C(=O)O)c1O. The fourth-order valence-electron chi connectivity index (χ4n) is 1.76. The molecule has 0 heterocycles. The Balaban J connectivity index is 2.42. The molecule has 0 unspecified atom stereocenters. The van der Waals surface area contributed by atoms with Crippen LogP contribution in [0.3, 0.4) is 0 Å². The Bertz CT molecular complexity index is 797. The average Bonchev–Trinajstić information content (AvgIpc) is 2.50. The second-order valence-corrected chi connectivity index (χ2v) is 5.25. The maximum absolute atomic E-state index is 11.3. The summed E-state index contributed by atoms with van der Waals surface area (Å²) in [6.07, 6.45) is 1.26. The fraction of sp³-hybridized carbons (Fsp3) is 0. The summed E-state index contributed by atoms with van der Waals surface area (Å²) in [4.78, 5) is 22.3. The summed E-state index contributed by atoms with van der Waals surface area (Å²) in [6, 6.07) is 10.7. The summed E-state index contributed by atoms with van der Waals surface area (Å²) >= 11 is 3.28. The van der Waals surface area contributed by atoms with Crippen molar-refractivity contribution in [2.45, 2.75) is 0 Å². The summed E-state index contributed by atoms with van der Waals surface area (Å²) in [7, 11) is 0. The highest BCUT2D eigenvalue weighted by Crippen LogP contribution is 2.32. The number of phenols is 1. The van der Waals surface area contributed by atoms with E-state index < -0.39 is 23.4 Å². The third-order valence-corrected chi connectivity index (χ3v) is 3.57. The minimum absolute atomic E-state index is 0.259. The van der Waals surface area contributed by atoms with Gasteiger partial charge in [-0.05, 0) is 29.8 Å². The summed E-state index contributed by atoms with van der Waals surface area (Å²) in [5.41, 5.74) is 0.173. The molecule has 2 aromatic rings. The molecule has 7 heteroatoms. The first-order chi connectivity index (χ1) is 10.9. The Morgan fingerprint density at radius 3 is 2.35 bits per heavy atom. The van der Waals surface area contributed by atoms with Crippen LogP contribution < -0.4 is 4.74 Å². The van der Waals surface area contributed by atoms with Crippen molar-refractivity contribution in [2.24, 2.45) is 0 Å². The highest BCUT2D eigenvalue weighted by molar-refractivity contribution is 9.10. The van der Waals surface area contributed by atoms with Crippen molar-refractivity contribution in [2.75, 3.05) is 0 Å². The van der Waals surface area contributed by atoms with Gasteiger partial charge in [-0.3, -0.25) is 0 Å². The third kappa shape index (κ3) is 3.89. The quantitative estimate of drug-likeness (QED) is 0.544. The van der Waals surface area contributed by atoms with Gasteiger partial charge in [-0.25, -0.2) is 9.59 Å². The van der Waals surface area contributed by atoms with Crippen LogP contribution in [-0.4, -0.2) is 27.3 Å². The molecule has 0 radical (unpaired) electrons. The molecule has 2 aromatic carbocycles. The summed E-state index contributed by atoms with van der Waals surface area (Å²) in [5.74, 6) is -4.07. The van der Waals surface area contributed by atoms with Crippen LogP contribution >= 0.6 is 15.9 Å². The molecule has 0 aliphatic heterocycles. The van der Waals surface area contributed by atoms with Crippen LogP contribution in [0.4, 0.5) is 0 Å². The van der Waals surface area contributed by atoms with Crippen LogP contribution in [0, 0.1) is 0 Å². The Kier molecular flexibility index (Phi) is 5.02. The van der Waals surface area contributed by atoms with Gasteiger partial charge in [-0.1, -0.05) is 40.2 Å². The average molecular weight is 379 g/mol. The number of carboxylic acids is 2. The van der Waals surface area contributed by atoms with E-state index in [4.69, 9.17) is 9.84 Å². The lowest BCUT2D eigenvalue weighted by Crippen LogP contribution is -2.08. The van der Waals surface area contributed by atoms with Crippen molar-refractivity contribution in [3.05, 3.63) is 63.8 Å². The molecule has 0 saturated heterocycles. The number of aromatic carboxylic acids is 1.